The van der Waals surface area contributed by atoms with Gasteiger partial charge in [-0.2, -0.15) is 0 Å². The Labute approximate surface area is 221 Å². The van der Waals surface area contributed by atoms with E-state index >= 15 is 0 Å². The number of carbonyl (C=O) groups is 2. The monoisotopic (exact) mass is 509 g/mol. The minimum atomic E-state index is -0.506. The maximum atomic E-state index is 13.4. The molecule has 7 heteroatoms. The molecular weight excluding hydrogens is 482 g/mol. The minimum absolute atomic E-state index is 0.0312. The number of carbonyl (C=O) groups excluding carboxylic acids is 2. The van der Waals surface area contributed by atoms with Crippen LogP contribution in [0.2, 0.25) is 0 Å². The molecule has 4 aromatic rings. The summed E-state index contributed by atoms with van der Waals surface area (Å²) >= 11 is 5.33. The number of para-hydroxylation sites is 1. The summed E-state index contributed by atoms with van der Waals surface area (Å²) in [5, 5.41) is 3.68. The van der Waals surface area contributed by atoms with Crippen LogP contribution < -0.4 is 15.0 Å². The van der Waals surface area contributed by atoms with E-state index in [2.05, 4.69) is 22.0 Å². The van der Waals surface area contributed by atoms with E-state index in [9.17, 15) is 9.59 Å². The van der Waals surface area contributed by atoms with Gasteiger partial charge in [0.2, 0.25) is 0 Å². The largest absolute Gasteiger partial charge is 0.491 e. The number of nitrogens with one attached hydrogen (secondary N) is 1. The number of amides is 2. The highest BCUT2D eigenvalue weighted by molar-refractivity contribution is 7.80. The molecule has 1 aliphatic rings. The van der Waals surface area contributed by atoms with Gasteiger partial charge in [-0.15, -0.1) is 0 Å². The third kappa shape index (κ3) is 4.90. The molecule has 1 fully saturated rings. The topological polar surface area (TPSA) is 63.6 Å². The number of ether oxygens (including phenoxy) is 1. The third-order valence-corrected chi connectivity index (χ3v) is 6.73. The molecule has 6 nitrogen and oxygen atoms in total. The molecule has 1 saturated heterocycles. The molecule has 2 heterocycles. The number of hydrogen-bond acceptors (Lipinski definition) is 4. The number of anilines is 1. The van der Waals surface area contributed by atoms with Gasteiger partial charge in [0.05, 0.1) is 12.2 Å². The van der Waals surface area contributed by atoms with Crippen molar-refractivity contribution >= 4 is 51.8 Å². The Kier molecular flexibility index (Phi) is 6.63. The molecule has 0 atom stereocenters. The summed E-state index contributed by atoms with van der Waals surface area (Å²) in [6.07, 6.45) is 3.60. The number of nitrogens with zero attached hydrogens (tertiary/aromatic N) is 2. The summed E-state index contributed by atoms with van der Waals surface area (Å²) in [4.78, 5) is 27.7. The van der Waals surface area contributed by atoms with E-state index in [0.717, 1.165) is 38.9 Å². The number of benzene rings is 3. The van der Waals surface area contributed by atoms with Crippen molar-refractivity contribution in [3.8, 4) is 5.75 Å². The van der Waals surface area contributed by atoms with Gasteiger partial charge in [0, 0.05) is 22.7 Å². The fraction of sp³-hybridized carbons (Fsp3) is 0.167. The molecule has 186 valence electrons. The Morgan fingerprint density at radius 2 is 1.68 bits per heavy atom. The van der Waals surface area contributed by atoms with Crippen LogP contribution in [0.3, 0.4) is 0 Å². The third-order valence-electron chi connectivity index (χ3n) is 6.45. The molecule has 0 spiro atoms. The first-order chi connectivity index (χ1) is 17.8. The van der Waals surface area contributed by atoms with Gasteiger partial charge in [0.15, 0.2) is 5.11 Å². The Balaban J connectivity index is 1.45. The number of rotatable bonds is 6. The molecule has 5 rings (SSSR count). The molecule has 3 aromatic carbocycles. The van der Waals surface area contributed by atoms with Gasteiger partial charge in [0.1, 0.15) is 17.9 Å². The molecule has 0 aliphatic carbocycles. The summed E-state index contributed by atoms with van der Waals surface area (Å²) < 4.78 is 8.16. The smallest absolute Gasteiger partial charge is 0.270 e. The Bertz CT molecular complexity index is 1570. The summed E-state index contributed by atoms with van der Waals surface area (Å²) in [5.74, 6) is -0.0865. The highest BCUT2D eigenvalue weighted by Gasteiger charge is 2.34. The second-order valence-electron chi connectivity index (χ2n) is 9.21. The highest BCUT2D eigenvalue weighted by atomic mass is 32.1. The van der Waals surface area contributed by atoms with Crippen molar-refractivity contribution in [2.75, 3.05) is 11.5 Å². The number of aryl methyl sites for hydroxylation is 3. The molecule has 2 amide bonds. The normalized spacial score (nSPS) is 14.9. The predicted molar refractivity (Wildman–Crippen MR) is 151 cm³/mol. The SMILES string of the molecule is Cc1ccc(N2C(=O)/C(=C/c3cn(CCOc4cc(C)ccc4C)c4ccccc34)C(=O)NC2=S)cc1. The van der Waals surface area contributed by atoms with Crippen LogP contribution in [0.4, 0.5) is 5.69 Å². The zero-order valence-corrected chi connectivity index (χ0v) is 21.8. The lowest BCUT2D eigenvalue weighted by Crippen LogP contribution is -2.54. The van der Waals surface area contributed by atoms with Gasteiger partial charge < -0.3 is 9.30 Å². The van der Waals surface area contributed by atoms with Gasteiger partial charge in [-0.25, -0.2) is 0 Å². The number of thiocarbonyl (C=S) groups is 1. The van der Waals surface area contributed by atoms with Crippen LogP contribution in [0.25, 0.3) is 17.0 Å². The maximum absolute atomic E-state index is 13.4. The second kappa shape index (κ2) is 10.0. The average molecular weight is 510 g/mol. The van der Waals surface area contributed by atoms with Crippen molar-refractivity contribution in [1.29, 1.82) is 0 Å². The summed E-state index contributed by atoms with van der Waals surface area (Å²) in [7, 11) is 0. The van der Waals surface area contributed by atoms with E-state index in [-0.39, 0.29) is 10.7 Å². The summed E-state index contributed by atoms with van der Waals surface area (Å²) in [6, 6.07) is 21.5. The van der Waals surface area contributed by atoms with Gasteiger partial charge in [0.25, 0.3) is 11.8 Å². The van der Waals surface area contributed by atoms with Crippen molar-refractivity contribution in [1.82, 2.24) is 9.88 Å². The zero-order valence-electron chi connectivity index (χ0n) is 20.9. The van der Waals surface area contributed by atoms with Crippen molar-refractivity contribution < 1.29 is 14.3 Å². The molecule has 0 saturated carbocycles. The quantitative estimate of drug-likeness (QED) is 0.213. The standard InChI is InChI=1S/C30H27N3O3S/c1-19-9-12-23(13-10-19)33-29(35)25(28(34)31-30(33)37)17-22-18-32(26-7-5-4-6-24(22)26)14-15-36-27-16-20(2)8-11-21(27)3/h4-13,16-18H,14-15H2,1-3H3,(H,31,34,37)/b25-17+. The Morgan fingerprint density at radius 3 is 2.46 bits per heavy atom. The number of fused-ring (bicyclic) bond motifs is 1. The first kappa shape index (κ1) is 24.5. The van der Waals surface area contributed by atoms with Crippen molar-refractivity contribution in [3.05, 3.63) is 101 Å². The van der Waals surface area contributed by atoms with Crippen LogP contribution in [-0.2, 0) is 16.1 Å². The van der Waals surface area contributed by atoms with Crippen molar-refractivity contribution in [3.63, 3.8) is 0 Å². The predicted octanol–water partition coefficient (Wildman–Crippen LogP) is 5.48. The van der Waals surface area contributed by atoms with Gasteiger partial charge in [-0.1, -0.05) is 48.0 Å². The minimum Gasteiger partial charge on any atom is -0.491 e. The fourth-order valence-electron chi connectivity index (χ4n) is 4.43. The lowest BCUT2D eigenvalue weighted by Gasteiger charge is -2.29. The van der Waals surface area contributed by atoms with E-state index in [4.69, 9.17) is 17.0 Å². The summed E-state index contributed by atoms with van der Waals surface area (Å²) in [5.41, 5.74) is 5.71. The van der Waals surface area contributed by atoms with Crippen LogP contribution in [0.1, 0.15) is 22.3 Å². The van der Waals surface area contributed by atoms with E-state index in [0.29, 0.717) is 18.8 Å². The van der Waals surface area contributed by atoms with Gasteiger partial charge in [-0.05, 0) is 74.5 Å². The molecule has 37 heavy (non-hydrogen) atoms. The molecule has 0 radical (unpaired) electrons. The molecule has 0 bridgehead atoms. The van der Waals surface area contributed by atoms with Crippen LogP contribution >= 0.6 is 12.2 Å². The van der Waals surface area contributed by atoms with E-state index < -0.39 is 11.8 Å². The second-order valence-corrected chi connectivity index (χ2v) is 9.59. The van der Waals surface area contributed by atoms with Crippen LogP contribution in [0.15, 0.2) is 78.5 Å². The highest BCUT2D eigenvalue weighted by Crippen LogP contribution is 2.27. The lowest BCUT2D eigenvalue weighted by molar-refractivity contribution is -0.122. The number of hydrogen-bond donors (Lipinski definition) is 1. The van der Waals surface area contributed by atoms with Crippen LogP contribution in [0, 0.1) is 20.8 Å². The molecule has 1 aromatic heterocycles. The van der Waals surface area contributed by atoms with Gasteiger partial charge in [-0.3, -0.25) is 19.8 Å². The van der Waals surface area contributed by atoms with E-state index in [1.165, 1.54) is 4.90 Å². The van der Waals surface area contributed by atoms with Crippen LogP contribution in [0.5, 0.6) is 5.75 Å². The molecule has 0 unspecified atom stereocenters. The fourth-order valence-corrected chi connectivity index (χ4v) is 4.71. The average Bonchev–Trinajstić information content (AvgIpc) is 3.22. The Morgan fingerprint density at radius 1 is 0.946 bits per heavy atom. The van der Waals surface area contributed by atoms with E-state index in [1.807, 2.05) is 81.6 Å². The van der Waals surface area contributed by atoms with Gasteiger partial charge >= 0.3 is 0 Å². The zero-order chi connectivity index (χ0) is 26.1. The first-order valence-electron chi connectivity index (χ1n) is 12.1. The maximum Gasteiger partial charge on any atom is 0.270 e. The molecule has 1 N–H and O–H groups in total. The number of aromatic nitrogens is 1. The lowest BCUT2D eigenvalue weighted by atomic mass is 10.1. The molecular formula is C30H27N3O3S. The van der Waals surface area contributed by atoms with Crippen LogP contribution in [-0.4, -0.2) is 28.1 Å². The van der Waals surface area contributed by atoms with E-state index in [1.54, 1.807) is 6.08 Å². The van der Waals surface area contributed by atoms with Crippen molar-refractivity contribution in [2.24, 2.45) is 0 Å². The first-order valence-corrected chi connectivity index (χ1v) is 12.5. The Hall–Kier alpha value is -4.23. The molecule has 1 aliphatic heterocycles. The van der Waals surface area contributed by atoms with Crippen molar-refractivity contribution in [2.45, 2.75) is 27.3 Å². The summed E-state index contributed by atoms with van der Waals surface area (Å²) in [6.45, 7) is 7.13.